The number of sulfonamides is 1. The summed E-state index contributed by atoms with van der Waals surface area (Å²) in [6.07, 6.45) is 0. The van der Waals surface area contributed by atoms with E-state index in [0.717, 1.165) is 5.56 Å². The van der Waals surface area contributed by atoms with Crippen molar-refractivity contribution in [2.24, 2.45) is 0 Å². The van der Waals surface area contributed by atoms with Gasteiger partial charge in [-0.3, -0.25) is 4.79 Å². The van der Waals surface area contributed by atoms with Crippen molar-refractivity contribution in [3.63, 3.8) is 0 Å². The number of hydrogen-bond acceptors (Lipinski definition) is 5. The molecule has 0 spiro atoms. The van der Waals surface area contributed by atoms with Gasteiger partial charge in [-0.2, -0.15) is 4.31 Å². The number of halogens is 1. The van der Waals surface area contributed by atoms with Gasteiger partial charge in [0.15, 0.2) is 5.76 Å². The first kappa shape index (κ1) is 21.6. The fraction of sp³-hybridized carbons (Fsp3) is 0.227. The van der Waals surface area contributed by atoms with Crippen LogP contribution in [0.4, 0.5) is 5.69 Å². The second kappa shape index (κ2) is 8.84. The quantitative estimate of drug-likeness (QED) is 0.617. The molecule has 0 unspecified atom stereocenters. The SMILES string of the molecule is Cc1ccc(S(=O)(=O)N2CCOCC2)cc1NC(=O)c1ccc(-c2ccccc2Cl)o1. The summed E-state index contributed by atoms with van der Waals surface area (Å²) < 4.78 is 38.1. The van der Waals surface area contributed by atoms with Crippen molar-refractivity contribution in [3.05, 3.63) is 70.9 Å². The third-order valence-corrected chi connectivity index (χ3v) is 7.26. The molecule has 0 bridgehead atoms. The number of carbonyl (C=O) groups is 1. The van der Waals surface area contributed by atoms with Gasteiger partial charge in [0, 0.05) is 24.3 Å². The maximum absolute atomic E-state index is 12.9. The monoisotopic (exact) mass is 460 g/mol. The highest BCUT2D eigenvalue weighted by atomic mass is 35.5. The van der Waals surface area contributed by atoms with E-state index in [1.54, 1.807) is 37.3 Å². The lowest BCUT2D eigenvalue weighted by Gasteiger charge is -2.26. The number of furan rings is 1. The number of nitrogens with one attached hydrogen (secondary N) is 1. The van der Waals surface area contributed by atoms with E-state index in [2.05, 4.69) is 5.32 Å². The molecule has 1 aliphatic heterocycles. The van der Waals surface area contributed by atoms with Gasteiger partial charge >= 0.3 is 0 Å². The average molecular weight is 461 g/mol. The summed E-state index contributed by atoms with van der Waals surface area (Å²) in [5.41, 5.74) is 1.81. The lowest BCUT2D eigenvalue weighted by molar-refractivity contribution is 0.0730. The zero-order chi connectivity index (χ0) is 22.0. The molecule has 1 amide bonds. The number of morpholine rings is 1. The molecule has 2 aromatic carbocycles. The number of carbonyl (C=O) groups excluding carboxylic acids is 1. The minimum Gasteiger partial charge on any atom is -0.451 e. The number of aryl methyl sites for hydroxylation is 1. The zero-order valence-corrected chi connectivity index (χ0v) is 18.4. The number of hydrogen-bond donors (Lipinski definition) is 1. The highest BCUT2D eigenvalue weighted by Gasteiger charge is 2.27. The van der Waals surface area contributed by atoms with Crippen LogP contribution in [0.25, 0.3) is 11.3 Å². The summed E-state index contributed by atoms with van der Waals surface area (Å²) in [6, 6.07) is 15.1. The second-order valence-electron chi connectivity index (χ2n) is 7.09. The van der Waals surface area contributed by atoms with Gasteiger partial charge in [-0.25, -0.2) is 8.42 Å². The number of anilines is 1. The summed E-state index contributed by atoms with van der Waals surface area (Å²) in [4.78, 5) is 12.9. The molecule has 7 nitrogen and oxygen atoms in total. The molecule has 31 heavy (non-hydrogen) atoms. The summed E-state index contributed by atoms with van der Waals surface area (Å²) in [6.45, 7) is 3.12. The Labute approximate surface area is 185 Å². The molecule has 1 aliphatic rings. The van der Waals surface area contributed by atoms with Crippen LogP contribution in [0.5, 0.6) is 0 Å². The molecule has 2 heterocycles. The molecule has 9 heteroatoms. The largest absolute Gasteiger partial charge is 0.451 e. The molecule has 0 aliphatic carbocycles. The highest BCUT2D eigenvalue weighted by Crippen LogP contribution is 2.30. The van der Waals surface area contributed by atoms with Crippen molar-refractivity contribution in [2.45, 2.75) is 11.8 Å². The third-order valence-electron chi connectivity index (χ3n) is 5.03. The Bertz CT molecular complexity index is 1220. The number of ether oxygens (including phenoxy) is 1. The smallest absolute Gasteiger partial charge is 0.291 e. The molecular formula is C22H21ClN2O5S. The third kappa shape index (κ3) is 4.52. The van der Waals surface area contributed by atoms with Crippen LogP contribution in [0.3, 0.4) is 0 Å². The minimum absolute atomic E-state index is 0.0933. The maximum Gasteiger partial charge on any atom is 0.291 e. The first-order valence-corrected chi connectivity index (χ1v) is 11.5. The normalized spacial score (nSPS) is 15.0. The van der Waals surface area contributed by atoms with Crippen molar-refractivity contribution in [3.8, 4) is 11.3 Å². The topological polar surface area (TPSA) is 88.9 Å². The van der Waals surface area contributed by atoms with E-state index < -0.39 is 15.9 Å². The second-order valence-corrected chi connectivity index (χ2v) is 9.44. The van der Waals surface area contributed by atoms with E-state index in [0.29, 0.717) is 48.3 Å². The van der Waals surface area contributed by atoms with E-state index in [1.165, 1.54) is 16.4 Å². The van der Waals surface area contributed by atoms with Gasteiger partial charge in [-0.1, -0.05) is 29.8 Å². The van der Waals surface area contributed by atoms with Crippen LogP contribution in [-0.2, 0) is 14.8 Å². The van der Waals surface area contributed by atoms with E-state index in [-0.39, 0.29) is 10.7 Å². The fourth-order valence-electron chi connectivity index (χ4n) is 3.28. The van der Waals surface area contributed by atoms with Crippen molar-refractivity contribution in [1.29, 1.82) is 0 Å². The summed E-state index contributed by atoms with van der Waals surface area (Å²) in [5.74, 6) is 0.0780. The molecular weight excluding hydrogens is 440 g/mol. The number of benzene rings is 2. The molecule has 1 N–H and O–H groups in total. The molecule has 3 aromatic rings. The van der Waals surface area contributed by atoms with E-state index in [1.807, 2.05) is 12.1 Å². The number of amides is 1. The Kier molecular flexibility index (Phi) is 6.15. The van der Waals surface area contributed by atoms with E-state index in [9.17, 15) is 13.2 Å². The van der Waals surface area contributed by atoms with Crippen LogP contribution in [0.2, 0.25) is 5.02 Å². The van der Waals surface area contributed by atoms with Crippen LogP contribution in [-0.4, -0.2) is 44.9 Å². The van der Waals surface area contributed by atoms with E-state index >= 15 is 0 Å². The average Bonchev–Trinajstić information content (AvgIpc) is 3.26. The van der Waals surface area contributed by atoms with Gasteiger partial charge in [0.2, 0.25) is 10.0 Å². The van der Waals surface area contributed by atoms with Crippen LogP contribution >= 0.6 is 11.6 Å². The Morgan fingerprint density at radius 2 is 1.81 bits per heavy atom. The Balaban J connectivity index is 1.56. The first-order valence-electron chi connectivity index (χ1n) is 9.71. The van der Waals surface area contributed by atoms with Crippen LogP contribution < -0.4 is 5.32 Å². The zero-order valence-electron chi connectivity index (χ0n) is 16.8. The Morgan fingerprint density at radius 1 is 1.06 bits per heavy atom. The van der Waals surface area contributed by atoms with Crippen LogP contribution in [0.1, 0.15) is 16.1 Å². The Hall–Kier alpha value is -2.65. The van der Waals surface area contributed by atoms with Crippen molar-refractivity contribution >= 4 is 33.2 Å². The number of nitrogens with zero attached hydrogens (tertiary/aromatic N) is 1. The van der Waals surface area contributed by atoms with Gasteiger partial charge in [0.1, 0.15) is 5.76 Å². The molecule has 0 atom stereocenters. The van der Waals surface area contributed by atoms with Crippen molar-refractivity contribution in [1.82, 2.24) is 4.31 Å². The molecule has 4 rings (SSSR count). The molecule has 162 valence electrons. The van der Waals surface area contributed by atoms with Gasteiger partial charge in [0.05, 0.1) is 23.1 Å². The molecule has 0 saturated carbocycles. The first-order chi connectivity index (χ1) is 14.9. The standard InChI is InChI=1S/C22H21ClN2O5S/c1-15-6-7-16(31(27,28)25-10-12-29-13-11-25)14-19(15)24-22(26)21-9-8-20(30-21)17-4-2-3-5-18(17)23/h2-9,14H,10-13H2,1H3,(H,24,26). The molecule has 1 fully saturated rings. The predicted molar refractivity (Wildman–Crippen MR) is 118 cm³/mol. The van der Waals surface area contributed by atoms with Gasteiger partial charge in [-0.05, 0) is 48.9 Å². The Morgan fingerprint density at radius 3 is 2.55 bits per heavy atom. The number of rotatable bonds is 5. The van der Waals surface area contributed by atoms with Crippen LogP contribution in [0.15, 0.2) is 63.9 Å². The lowest BCUT2D eigenvalue weighted by Crippen LogP contribution is -2.40. The van der Waals surface area contributed by atoms with E-state index in [4.69, 9.17) is 20.8 Å². The highest BCUT2D eigenvalue weighted by molar-refractivity contribution is 7.89. The minimum atomic E-state index is -3.67. The molecule has 1 saturated heterocycles. The van der Waals surface area contributed by atoms with Crippen LogP contribution in [0, 0.1) is 6.92 Å². The summed E-state index contributed by atoms with van der Waals surface area (Å²) in [5, 5.41) is 3.26. The van der Waals surface area contributed by atoms with Crippen molar-refractivity contribution < 1.29 is 22.4 Å². The maximum atomic E-state index is 12.9. The fourth-order valence-corrected chi connectivity index (χ4v) is 4.95. The predicted octanol–water partition coefficient (Wildman–Crippen LogP) is 4.18. The lowest BCUT2D eigenvalue weighted by atomic mass is 10.2. The van der Waals surface area contributed by atoms with Gasteiger partial charge in [-0.15, -0.1) is 0 Å². The van der Waals surface area contributed by atoms with Crippen molar-refractivity contribution in [2.75, 3.05) is 31.6 Å². The summed E-state index contributed by atoms with van der Waals surface area (Å²) in [7, 11) is -3.67. The molecule has 1 aromatic heterocycles. The van der Waals surface area contributed by atoms with Gasteiger partial charge in [0.25, 0.3) is 5.91 Å². The summed E-state index contributed by atoms with van der Waals surface area (Å²) >= 11 is 6.19. The molecule has 0 radical (unpaired) electrons. The van der Waals surface area contributed by atoms with Gasteiger partial charge < -0.3 is 14.5 Å².